The first-order valence-electron chi connectivity index (χ1n) is 5.86. The molecule has 0 atom stereocenters. The van der Waals surface area contributed by atoms with Gasteiger partial charge < -0.3 is 9.67 Å². The quantitative estimate of drug-likeness (QED) is 0.771. The molecule has 1 heterocycles. The van der Waals surface area contributed by atoms with Crippen molar-refractivity contribution in [2.75, 3.05) is 0 Å². The molecule has 3 rings (SSSR count). The number of aromatic nitrogens is 1. The molecule has 3 aromatic rings. The molecule has 0 radical (unpaired) electrons. The van der Waals surface area contributed by atoms with Gasteiger partial charge in [-0.1, -0.05) is 11.6 Å². The van der Waals surface area contributed by atoms with Crippen molar-refractivity contribution in [2.24, 2.45) is 0 Å². The number of benzene rings is 2. The van der Waals surface area contributed by atoms with E-state index in [-0.39, 0.29) is 10.6 Å². The van der Waals surface area contributed by atoms with Crippen molar-refractivity contribution >= 4 is 28.5 Å². The van der Waals surface area contributed by atoms with Gasteiger partial charge >= 0.3 is 5.97 Å². The van der Waals surface area contributed by atoms with Crippen molar-refractivity contribution in [1.82, 2.24) is 4.57 Å². The molecule has 0 spiro atoms. The van der Waals surface area contributed by atoms with Crippen LogP contribution in [0.5, 0.6) is 0 Å². The average molecular weight is 290 g/mol. The fraction of sp³-hybridized carbons (Fsp3) is 0. The first-order chi connectivity index (χ1) is 9.56. The summed E-state index contributed by atoms with van der Waals surface area (Å²) < 4.78 is 15.3. The van der Waals surface area contributed by atoms with E-state index in [2.05, 4.69) is 0 Å². The first-order valence-corrected chi connectivity index (χ1v) is 6.24. The summed E-state index contributed by atoms with van der Waals surface area (Å²) in [5.41, 5.74) is 1.65. The van der Waals surface area contributed by atoms with Gasteiger partial charge in [0, 0.05) is 17.3 Å². The van der Waals surface area contributed by atoms with Crippen LogP contribution in [0.3, 0.4) is 0 Å². The van der Waals surface area contributed by atoms with Gasteiger partial charge in [-0.05, 0) is 42.5 Å². The van der Waals surface area contributed by atoms with Crippen LogP contribution in [0.1, 0.15) is 10.4 Å². The molecule has 5 heteroatoms. The van der Waals surface area contributed by atoms with Crippen LogP contribution in [-0.4, -0.2) is 15.6 Å². The van der Waals surface area contributed by atoms with E-state index in [4.69, 9.17) is 16.7 Å². The number of rotatable bonds is 2. The number of nitrogens with zero attached hydrogens (tertiary/aromatic N) is 1. The Morgan fingerprint density at radius 3 is 2.65 bits per heavy atom. The third kappa shape index (κ3) is 2.04. The predicted molar refractivity (Wildman–Crippen MR) is 75.2 cm³/mol. The molecule has 3 nitrogen and oxygen atoms in total. The minimum Gasteiger partial charge on any atom is -0.478 e. The Bertz CT molecular complexity index is 826. The SMILES string of the molecule is O=C(O)c1ccc2c(ccn2-c2ccc(Cl)c(F)c2)c1. The van der Waals surface area contributed by atoms with Crippen molar-refractivity contribution in [1.29, 1.82) is 0 Å². The normalized spacial score (nSPS) is 10.9. The zero-order chi connectivity index (χ0) is 14.3. The van der Waals surface area contributed by atoms with Crippen molar-refractivity contribution in [2.45, 2.75) is 0 Å². The van der Waals surface area contributed by atoms with Crippen molar-refractivity contribution in [3.8, 4) is 5.69 Å². The monoisotopic (exact) mass is 289 g/mol. The summed E-state index contributed by atoms with van der Waals surface area (Å²) in [7, 11) is 0. The third-order valence-corrected chi connectivity index (χ3v) is 3.43. The molecule has 0 unspecified atom stereocenters. The minimum atomic E-state index is -0.975. The van der Waals surface area contributed by atoms with Crippen LogP contribution in [0.4, 0.5) is 4.39 Å². The maximum atomic E-state index is 13.5. The van der Waals surface area contributed by atoms with E-state index in [1.807, 2.05) is 0 Å². The van der Waals surface area contributed by atoms with Gasteiger partial charge in [-0.3, -0.25) is 0 Å². The molecule has 0 saturated carbocycles. The molecular weight excluding hydrogens is 281 g/mol. The Labute approximate surface area is 118 Å². The molecule has 0 aliphatic heterocycles. The fourth-order valence-corrected chi connectivity index (χ4v) is 2.25. The highest BCUT2D eigenvalue weighted by atomic mass is 35.5. The summed E-state index contributed by atoms with van der Waals surface area (Å²) in [5.74, 6) is -1.47. The number of aromatic carboxylic acids is 1. The van der Waals surface area contributed by atoms with E-state index in [0.717, 1.165) is 10.9 Å². The molecule has 0 aliphatic carbocycles. The standard InChI is InChI=1S/C15H9ClFNO2/c16-12-3-2-11(8-13(12)17)18-6-5-9-7-10(15(19)20)1-4-14(9)18/h1-8H,(H,19,20). The summed E-state index contributed by atoms with van der Waals surface area (Å²) >= 11 is 5.67. The second-order valence-corrected chi connectivity index (χ2v) is 4.77. The zero-order valence-electron chi connectivity index (χ0n) is 10.2. The largest absolute Gasteiger partial charge is 0.478 e. The maximum Gasteiger partial charge on any atom is 0.335 e. The van der Waals surface area contributed by atoms with E-state index in [1.54, 1.807) is 35.0 Å². The summed E-state index contributed by atoms with van der Waals surface area (Å²) in [4.78, 5) is 10.9. The van der Waals surface area contributed by atoms with Crippen LogP contribution < -0.4 is 0 Å². The van der Waals surface area contributed by atoms with E-state index < -0.39 is 11.8 Å². The van der Waals surface area contributed by atoms with Crippen molar-refractivity contribution in [3.63, 3.8) is 0 Å². The number of carboxylic acid groups (broad SMARTS) is 1. The second kappa shape index (κ2) is 4.65. The molecule has 100 valence electrons. The van der Waals surface area contributed by atoms with Crippen LogP contribution >= 0.6 is 11.6 Å². The van der Waals surface area contributed by atoms with Crippen LogP contribution in [0.2, 0.25) is 5.02 Å². The molecule has 0 fully saturated rings. The lowest BCUT2D eigenvalue weighted by Crippen LogP contribution is -1.96. The average Bonchev–Trinajstić information content (AvgIpc) is 2.84. The van der Waals surface area contributed by atoms with E-state index in [9.17, 15) is 9.18 Å². The van der Waals surface area contributed by atoms with Crippen LogP contribution in [0.25, 0.3) is 16.6 Å². The topological polar surface area (TPSA) is 42.2 Å². The van der Waals surface area contributed by atoms with Crippen LogP contribution in [-0.2, 0) is 0 Å². The van der Waals surface area contributed by atoms with Gasteiger partial charge in [0.05, 0.1) is 16.1 Å². The molecule has 20 heavy (non-hydrogen) atoms. The lowest BCUT2D eigenvalue weighted by Gasteiger charge is -2.06. The number of carbonyl (C=O) groups is 1. The molecule has 1 N–H and O–H groups in total. The Morgan fingerprint density at radius 1 is 1.15 bits per heavy atom. The van der Waals surface area contributed by atoms with Crippen LogP contribution in [0, 0.1) is 5.82 Å². The van der Waals surface area contributed by atoms with Crippen LogP contribution in [0.15, 0.2) is 48.7 Å². The third-order valence-electron chi connectivity index (χ3n) is 3.12. The number of halogens is 2. The number of fused-ring (bicyclic) bond motifs is 1. The van der Waals surface area contributed by atoms with E-state index >= 15 is 0 Å². The fourth-order valence-electron chi connectivity index (χ4n) is 2.14. The molecule has 1 aromatic heterocycles. The lowest BCUT2D eigenvalue weighted by atomic mass is 10.1. The molecule has 0 bridgehead atoms. The lowest BCUT2D eigenvalue weighted by molar-refractivity contribution is 0.0697. The highest BCUT2D eigenvalue weighted by Crippen LogP contribution is 2.24. The summed E-state index contributed by atoms with van der Waals surface area (Å²) in [5, 5.41) is 9.81. The molecular formula is C15H9ClFNO2. The molecule has 0 amide bonds. The number of hydrogen-bond acceptors (Lipinski definition) is 1. The van der Waals surface area contributed by atoms with Crippen molar-refractivity contribution < 1.29 is 14.3 Å². The summed E-state index contributed by atoms with van der Waals surface area (Å²) in [6, 6.07) is 11.1. The van der Waals surface area contributed by atoms with Gasteiger partial charge in [0.1, 0.15) is 5.82 Å². The zero-order valence-corrected chi connectivity index (χ0v) is 10.9. The summed E-state index contributed by atoms with van der Waals surface area (Å²) in [6.07, 6.45) is 1.76. The van der Waals surface area contributed by atoms with E-state index in [1.165, 1.54) is 18.2 Å². The summed E-state index contributed by atoms with van der Waals surface area (Å²) in [6.45, 7) is 0. The van der Waals surface area contributed by atoms with Gasteiger partial charge in [-0.2, -0.15) is 0 Å². The smallest absolute Gasteiger partial charge is 0.335 e. The van der Waals surface area contributed by atoms with Gasteiger partial charge in [-0.15, -0.1) is 0 Å². The Hall–Kier alpha value is -2.33. The highest BCUT2D eigenvalue weighted by molar-refractivity contribution is 6.30. The number of hydrogen-bond donors (Lipinski definition) is 1. The first kappa shape index (κ1) is 12.7. The van der Waals surface area contributed by atoms with Crippen molar-refractivity contribution in [3.05, 3.63) is 65.1 Å². The molecule has 2 aromatic carbocycles. The maximum absolute atomic E-state index is 13.5. The second-order valence-electron chi connectivity index (χ2n) is 4.36. The predicted octanol–water partition coefficient (Wildman–Crippen LogP) is 4.12. The molecule has 0 aliphatic rings. The minimum absolute atomic E-state index is 0.0679. The van der Waals surface area contributed by atoms with Gasteiger partial charge in [0.2, 0.25) is 0 Å². The Morgan fingerprint density at radius 2 is 1.95 bits per heavy atom. The highest BCUT2D eigenvalue weighted by Gasteiger charge is 2.09. The molecule has 0 saturated heterocycles. The number of carboxylic acids is 1. The Kier molecular flexibility index (Phi) is 2.95. The Balaban J connectivity index is 2.17. The van der Waals surface area contributed by atoms with E-state index in [0.29, 0.717) is 5.69 Å². The van der Waals surface area contributed by atoms with Gasteiger partial charge in [0.15, 0.2) is 0 Å². The van der Waals surface area contributed by atoms with Gasteiger partial charge in [-0.25, -0.2) is 9.18 Å². The van der Waals surface area contributed by atoms with Gasteiger partial charge in [0.25, 0.3) is 0 Å².